The number of hydrogen-bond acceptors (Lipinski definition) is 1. The molecule has 1 aliphatic carbocycles. The van der Waals surface area contributed by atoms with Gasteiger partial charge in [0, 0.05) is 6.04 Å². The van der Waals surface area contributed by atoms with Crippen LogP contribution in [0, 0.1) is 0 Å². The van der Waals surface area contributed by atoms with Crippen LogP contribution < -0.4 is 5.32 Å². The van der Waals surface area contributed by atoms with E-state index in [0.29, 0.717) is 6.04 Å². The first kappa shape index (κ1) is 14.6. The average molecular weight is 259 g/mol. The topological polar surface area (TPSA) is 12.0 Å². The predicted molar refractivity (Wildman–Crippen MR) is 83.6 cm³/mol. The fourth-order valence-electron chi connectivity index (χ4n) is 3.00. The fourth-order valence-corrected chi connectivity index (χ4v) is 3.00. The summed E-state index contributed by atoms with van der Waals surface area (Å²) >= 11 is 0. The molecule has 0 bridgehead atoms. The molecule has 1 nitrogen and oxygen atoms in total. The lowest BCUT2D eigenvalue weighted by Gasteiger charge is -2.27. The number of unbranched alkanes of at least 4 members (excludes halogenated alkanes) is 2. The van der Waals surface area contributed by atoms with Crippen LogP contribution >= 0.6 is 0 Å². The van der Waals surface area contributed by atoms with Gasteiger partial charge >= 0.3 is 0 Å². The third-order valence-corrected chi connectivity index (χ3v) is 4.44. The summed E-state index contributed by atoms with van der Waals surface area (Å²) < 4.78 is 0. The monoisotopic (exact) mass is 259 g/mol. The first-order valence-electron chi connectivity index (χ1n) is 8.18. The molecule has 0 saturated heterocycles. The Bertz CT molecular complexity index is 368. The van der Waals surface area contributed by atoms with Gasteiger partial charge in [0.05, 0.1) is 0 Å². The molecular formula is C18H29N. The van der Waals surface area contributed by atoms with Gasteiger partial charge in [-0.1, -0.05) is 63.8 Å². The van der Waals surface area contributed by atoms with Gasteiger partial charge in [-0.2, -0.15) is 0 Å². The Hall–Kier alpha value is -0.820. The zero-order valence-corrected chi connectivity index (χ0v) is 12.6. The molecule has 1 saturated carbocycles. The summed E-state index contributed by atoms with van der Waals surface area (Å²) in [5.41, 5.74) is 3.07. The Morgan fingerprint density at radius 3 is 2.68 bits per heavy atom. The minimum Gasteiger partial charge on any atom is -0.310 e. The zero-order valence-electron chi connectivity index (χ0n) is 12.6. The first-order valence-corrected chi connectivity index (χ1v) is 8.18. The van der Waals surface area contributed by atoms with Gasteiger partial charge in [0.15, 0.2) is 0 Å². The van der Waals surface area contributed by atoms with Crippen molar-refractivity contribution < 1.29 is 0 Å². The molecule has 1 atom stereocenters. The Labute approximate surface area is 118 Å². The molecule has 1 aromatic carbocycles. The quantitative estimate of drug-likeness (QED) is 0.634. The Morgan fingerprint density at radius 2 is 2.05 bits per heavy atom. The van der Waals surface area contributed by atoms with Crippen molar-refractivity contribution in [2.75, 3.05) is 6.54 Å². The molecule has 0 radical (unpaired) electrons. The zero-order chi connectivity index (χ0) is 13.5. The summed E-state index contributed by atoms with van der Waals surface area (Å²) in [5.74, 6) is 0.845. The summed E-state index contributed by atoms with van der Waals surface area (Å²) in [6, 6.07) is 9.90. The highest BCUT2D eigenvalue weighted by atomic mass is 14.9. The van der Waals surface area contributed by atoms with Gasteiger partial charge in [0.2, 0.25) is 0 Å². The fraction of sp³-hybridized carbons (Fsp3) is 0.667. The van der Waals surface area contributed by atoms with Crippen molar-refractivity contribution in [3.8, 4) is 0 Å². The third kappa shape index (κ3) is 4.07. The minimum absolute atomic E-state index is 0.552. The van der Waals surface area contributed by atoms with Crippen molar-refractivity contribution in [3.63, 3.8) is 0 Å². The summed E-state index contributed by atoms with van der Waals surface area (Å²) in [6.07, 6.45) is 9.47. The van der Waals surface area contributed by atoms with Gasteiger partial charge in [-0.15, -0.1) is 0 Å². The number of rotatable bonds is 8. The van der Waals surface area contributed by atoms with E-state index in [1.807, 2.05) is 0 Å². The molecule has 1 N–H and O–H groups in total. The van der Waals surface area contributed by atoms with Crippen molar-refractivity contribution in [1.82, 2.24) is 5.32 Å². The standard InChI is InChI=1S/C18H29N/c1-3-5-6-13-18(19-4-2)17-12-8-11-16(14-17)15-9-7-10-15/h8,11-12,14-15,18-19H,3-7,9-10,13H2,1-2H3. The molecule has 0 spiro atoms. The van der Waals surface area contributed by atoms with Crippen molar-refractivity contribution in [2.24, 2.45) is 0 Å². The Morgan fingerprint density at radius 1 is 1.21 bits per heavy atom. The molecule has 1 heteroatoms. The SMILES string of the molecule is CCCCCC(NCC)c1cccc(C2CCC2)c1. The van der Waals surface area contributed by atoms with Crippen LogP contribution in [0.25, 0.3) is 0 Å². The molecule has 19 heavy (non-hydrogen) atoms. The van der Waals surface area contributed by atoms with Crippen molar-refractivity contribution >= 4 is 0 Å². The smallest absolute Gasteiger partial charge is 0.0320 e. The summed E-state index contributed by atoms with van der Waals surface area (Å²) in [5, 5.41) is 3.66. The summed E-state index contributed by atoms with van der Waals surface area (Å²) in [4.78, 5) is 0. The van der Waals surface area contributed by atoms with E-state index in [4.69, 9.17) is 0 Å². The molecule has 1 unspecified atom stereocenters. The Kier molecular flexibility index (Phi) is 5.91. The number of hydrogen-bond donors (Lipinski definition) is 1. The molecule has 0 aliphatic heterocycles. The van der Waals surface area contributed by atoms with E-state index in [1.54, 1.807) is 5.56 Å². The molecular weight excluding hydrogens is 230 g/mol. The second-order valence-corrected chi connectivity index (χ2v) is 5.90. The minimum atomic E-state index is 0.552. The van der Waals surface area contributed by atoms with E-state index in [9.17, 15) is 0 Å². The van der Waals surface area contributed by atoms with Crippen molar-refractivity contribution in [2.45, 2.75) is 70.8 Å². The second kappa shape index (κ2) is 7.69. The van der Waals surface area contributed by atoms with Gasteiger partial charge in [-0.3, -0.25) is 0 Å². The van der Waals surface area contributed by atoms with Crippen LogP contribution in [0.3, 0.4) is 0 Å². The van der Waals surface area contributed by atoms with Crippen LogP contribution in [0.15, 0.2) is 24.3 Å². The van der Waals surface area contributed by atoms with Crippen molar-refractivity contribution in [3.05, 3.63) is 35.4 Å². The molecule has 106 valence electrons. The summed E-state index contributed by atoms with van der Waals surface area (Å²) in [6.45, 7) is 5.55. The first-order chi connectivity index (χ1) is 9.35. The van der Waals surface area contributed by atoms with Crippen LogP contribution in [-0.2, 0) is 0 Å². The van der Waals surface area contributed by atoms with Crippen LogP contribution in [0.4, 0.5) is 0 Å². The summed E-state index contributed by atoms with van der Waals surface area (Å²) in [7, 11) is 0. The lowest BCUT2D eigenvalue weighted by molar-refractivity contribution is 0.418. The molecule has 0 heterocycles. The molecule has 0 amide bonds. The van der Waals surface area contributed by atoms with E-state index in [1.165, 1.54) is 50.5 Å². The highest BCUT2D eigenvalue weighted by Gasteiger charge is 2.20. The molecule has 1 aromatic rings. The second-order valence-electron chi connectivity index (χ2n) is 5.90. The van der Waals surface area contributed by atoms with Crippen molar-refractivity contribution in [1.29, 1.82) is 0 Å². The van der Waals surface area contributed by atoms with Crippen LogP contribution in [0.5, 0.6) is 0 Å². The average Bonchev–Trinajstić information content (AvgIpc) is 2.36. The van der Waals surface area contributed by atoms with E-state index in [2.05, 4.69) is 43.4 Å². The largest absolute Gasteiger partial charge is 0.310 e. The molecule has 1 fully saturated rings. The molecule has 0 aromatic heterocycles. The van der Waals surface area contributed by atoms with Gasteiger partial charge < -0.3 is 5.32 Å². The lowest BCUT2D eigenvalue weighted by atomic mass is 9.79. The van der Waals surface area contributed by atoms with Gasteiger partial charge in [0.1, 0.15) is 0 Å². The van der Waals surface area contributed by atoms with Crippen LogP contribution in [-0.4, -0.2) is 6.54 Å². The lowest BCUT2D eigenvalue weighted by Crippen LogP contribution is -2.21. The predicted octanol–water partition coefficient (Wildman–Crippen LogP) is 5.19. The maximum Gasteiger partial charge on any atom is 0.0320 e. The van der Waals surface area contributed by atoms with Gasteiger partial charge in [-0.05, 0) is 42.9 Å². The van der Waals surface area contributed by atoms with Crippen LogP contribution in [0.1, 0.15) is 81.9 Å². The van der Waals surface area contributed by atoms with Gasteiger partial charge in [0.25, 0.3) is 0 Å². The van der Waals surface area contributed by atoms with Gasteiger partial charge in [-0.25, -0.2) is 0 Å². The highest BCUT2D eigenvalue weighted by molar-refractivity contribution is 5.29. The third-order valence-electron chi connectivity index (χ3n) is 4.44. The van der Waals surface area contributed by atoms with Crippen LogP contribution in [0.2, 0.25) is 0 Å². The highest BCUT2D eigenvalue weighted by Crippen LogP contribution is 2.37. The Balaban J connectivity index is 2.02. The van der Waals surface area contributed by atoms with E-state index in [-0.39, 0.29) is 0 Å². The number of nitrogens with one attached hydrogen (secondary N) is 1. The molecule has 2 rings (SSSR count). The van der Waals surface area contributed by atoms with E-state index < -0.39 is 0 Å². The number of benzene rings is 1. The molecule has 1 aliphatic rings. The maximum atomic E-state index is 3.66. The maximum absolute atomic E-state index is 3.66. The van der Waals surface area contributed by atoms with E-state index in [0.717, 1.165) is 12.5 Å². The van der Waals surface area contributed by atoms with E-state index >= 15 is 0 Å². The normalized spacial score (nSPS) is 17.2.